The number of allylic oxidation sites excluding steroid dienone is 1. The molecule has 206 valence electrons. The predicted octanol–water partition coefficient (Wildman–Crippen LogP) is 4.55. The number of hydrogen-bond acceptors (Lipinski definition) is 6. The molecule has 5 rings (SSSR count). The first-order valence-corrected chi connectivity index (χ1v) is 15.5. The summed E-state index contributed by atoms with van der Waals surface area (Å²) in [4.78, 5) is 26.8. The van der Waals surface area contributed by atoms with E-state index < -0.39 is 12.5 Å². The van der Waals surface area contributed by atoms with Crippen molar-refractivity contribution in [1.82, 2.24) is 19.3 Å². The molecule has 1 aromatic carbocycles. The van der Waals surface area contributed by atoms with Gasteiger partial charge in [0, 0.05) is 62.7 Å². The second-order valence-electron chi connectivity index (χ2n) is 10.5. The van der Waals surface area contributed by atoms with Crippen LogP contribution >= 0.6 is 7.59 Å². The topological polar surface area (TPSA) is 108 Å². The van der Waals surface area contributed by atoms with Crippen LogP contribution in [0.3, 0.4) is 0 Å². The number of rotatable bonds is 7. The quantitative estimate of drug-likeness (QED) is 0.303. The van der Waals surface area contributed by atoms with Crippen molar-refractivity contribution in [3.8, 4) is 0 Å². The molecule has 3 aliphatic heterocycles. The smallest absolute Gasteiger partial charge is 0.311 e. The van der Waals surface area contributed by atoms with Gasteiger partial charge in [0.25, 0.3) is 11.6 Å². The summed E-state index contributed by atoms with van der Waals surface area (Å²) in [5.74, 6) is -0.238. The van der Waals surface area contributed by atoms with Crippen LogP contribution in [-0.2, 0) is 14.1 Å². The summed E-state index contributed by atoms with van der Waals surface area (Å²) in [6.07, 6.45) is 9.52. The van der Waals surface area contributed by atoms with Crippen LogP contribution < -0.4 is 5.09 Å². The van der Waals surface area contributed by atoms with Crippen molar-refractivity contribution in [3.63, 3.8) is 0 Å². The second kappa shape index (κ2) is 12.1. The van der Waals surface area contributed by atoms with Crippen molar-refractivity contribution in [2.24, 2.45) is 0 Å². The highest BCUT2D eigenvalue weighted by molar-refractivity contribution is 7.57. The number of nitrogens with one attached hydrogen (secondary N) is 1. The number of hydrogen-bond donors (Lipinski definition) is 1. The van der Waals surface area contributed by atoms with E-state index in [0.717, 1.165) is 81.5 Å². The van der Waals surface area contributed by atoms with E-state index >= 15 is 0 Å². The Morgan fingerprint density at radius 2 is 1.47 bits per heavy atom. The highest BCUT2D eigenvalue weighted by atomic mass is 31.2. The lowest BCUT2D eigenvalue weighted by molar-refractivity contribution is -0.384. The van der Waals surface area contributed by atoms with Gasteiger partial charge in [0.1, 0.15) is 0 Å². The molecule has 1 N–H and O–H groups in total. The standard InChI is InChI=1S/C27H38N5O5P/c33-27(28-38(36,30-13-3-1-4-14-30)31-15-5-2-6-16-31)25-12-9-23(26(25)29-17-19-37-20-18-29)21-22-7-10-24(11-8-22)32(34)35/h7-8,10-11,21H,1-6,9,12-20H2,(H,28,33,36). The van der Waals surface area contributed by atoms with Crippen molar-refractivity contribution in [3.05, 3.63) is 56.8 Å². The van der Waals surface area contributed by atoms with Crippen LogP contribution in [0.5, 0.6) is 0 Å². The Labute approximate surface area is 224 Å². The molecule has 3 saturated heterocycles. The normalized spacial score (nSPS) is 23.2. The largest absolute Gasteiger partial charge is 0.378 e. The molecule has 0 aromatic heterocycles. The molecular weight excluding hydrogens is 505 g/mol. The summed E-state index contributed by atoms with van der Waals surface area (Å²) in [5, 5.41) is 14.2. The molecule has 10 nitrogen and oxygen atoms in total. The second-order valence-corrected chi connectivity index (χ2v) is 12.9. The van der Waals surface area contributed by atoms with E-state index in [0.29, 0.717) is 44.7 Å². The Balaban J connectivity index is 1.46. The summed E-state index contributed by atoms with van der Waals surface area (Å²) in [6.45, 7) is 5.51. The number of nitrogens with zero attached hydrogens (tertiary/aromatic N) is 4. The van der Waals surface area contributed by atoms with Gasteiger partial charge in [-0.15, -0.1) is 0 Å². The van der Waals surface area contributed by atoms with Crippen LogP contribution in [0.2, 0.25) is 0 Å². The number of carbonyl (C=O) groups is 1. The Morgan fingerprint density at radius 3 is 2.03 bits per heavy atom. The lowest BCUT2D eigenvalue weighted by Crippen LogP contribution is -2.45. The number of non-ortho nitro benzene ring substituents is 1. The molecule has 0 spiro atoms. The molecule has 0 bridgehead atoms. The number of carbonyl (C=O) groups excluding carboxylic acids is 1. The molecule has 4 aliphatic rings. The third kappa shape index (κ3) is 5.88. The van der Waals surface area contributed by atoms with Gasteiger partial charge in [-0.25, -0.2) is 9.34 Å². The number of benzene rings is 1. The molecular formula is C27H38N5O5P. The molecule has 3 heterocycles. The molecule has 0 radical (unpaired) electrons. The van der Waals surface area contributed by atoms with Gasteiger partial charge in [0.2, 0.25) is 0 Å². The van der Waals surface area contributed by atoms with Gasteiger partial charge in [0.15, 0.2) is 0 Å². The molecule has 1 aromatic rings. The lowest BCUT2D eigenvalue weighted by atomic mass is 10.1. The lowest BCUT2D eigenvalue weighted by Gasteiger charge is -2.42. The van der Waals surface area contributed by atoms with Crippen LogP contribution in [-0.4, -0.2) is 77.6 Å². The van der Waals surface area contributed by atoms with Crippen LogP contribution in [0.25, 0.3) is 6.08 Å². The van der Waals surface area contributed by atoms with Gasteiger partial charge in [-0.1, -0.05) is 12.8 Å². The third-order valence-electron chi connectivity index (χ3n) is 7.96. The average Bonchev–Trinajstić information content (AvgIpc) is 3.38. The highest BCUT2D eigenvalue weighted by Gasteiger charge is 2.41. The maximum Gasteiger partial charge on any atom is 0.311 e. The third-order valence-corrected chi connectivity index (χ3v) is 10.8. The number of nitro benzene ring substituents is 1. The number of nitro groups is 1. The van der Waals surface area contributed by atoms with E-state index in [1.807, 2.05) is 15.4 Å². The van der Waals surface area contributed by atoms with Crippen LogP contribution in [0.4, 0.5) is 5.69 Å². The minimum Gasteiger partial charge on any atom is -0.378 e. The number of piperidine rings is 2. The van der Waals surface area contributed by atoms with Crippen LogP contribution in [0.15, 0.2) is 41.1 Å². The zero-order valence-electron chi connectivity index (χ0n) is 22.0. The fourth-order valence-electron chi connectivity index (χ4n) is 5.94. The van der Waals surface area contributed by atoms with E-state index in [1.54, 1.807) is 12.1 Å². The van der Waals surface area contributed by atoms with E-state index in [-0.39, 0.29) is 11.6 Å². The molecule has 3 fully saturated rings. The van der Waals surface area contributed by atoms with Crippen molar-refractivity contribution < 1.29 is 19.0 Å². The Bertz CT molecular complexity index is 1110. The number of amides is 1. The number of ether oxygens (including phenoxy) is 1. The SMILES string of the molecule is O=C(NP(=O)(N1CCCCC1)N1CCCCC1)C1=C(N2CCOCC2)C(=Cc2ccc([N+](=O)[O-])cc2)CC1. The molecule has 0 atom stereocenters. The van der Waals surface area contributed by atoms with Crippen molar-refractivity contribution in [1.29, 1.82) is 0 Å². The molecule has 0 saturated carbocycles. The summed E-state index contributed by atoms with van der Waals surface area (Å²) in [5.41, 5.74) is 3.50. The Morgan fingerprint density at radius 1 is 0.895 bits per heavy atom. The first-order valence-electron chi connectivity index (χ1n) is 13.9. The van der Waals surface area contributed by atoms with Gasteiger partial charge in [-0.2, -0.15) is 0 Å². The summed E-state index contributed by atoms with van der Waals surface area (Å²) < 4.78 is 24.3. The van der Waals surface area contributed by atoms with Crippen molar-refractivity contribution in [2.75, 3.05) is 52.5 Å². The van der Waals surface area contributed by atoms with E-state index in [1.165, 1.54) is 12.1 Å². The van der Waals surface area contributed by atoms with Crippen LogP contribution in [0.1, 0.15) is 56.9 Å². The monoisotopic (exact) mass is 543 g/mol. The van der Waals surface area contributed by atoms with E-state index in [4.69, 9.17) is 4.74 Å². The maximum atomic E-state index is 14.6. The summed E-state index contributed by atoms with van der Waals surface area (Å²) in [7, 11) is -3.24. The molecule has 1 aliphatic carbocycles. The zero-order chi connectivity index (χ0) is 26.5. The minimum absolute atomic E-state index is 0.0498. The maximum absolute atomic E-state index is 14.6. The Hall–Kier alpha value is -2.52. The van der Waals surface area contributed by atoms with Crippen molar-refractivity contribution in [2.45, 2.75) is 51.4 Å². The first kappa shape index (κ1) is 27.1. The minimum atomic E-state index is -3.24. The van der Waals surface area contributed by atoms with E-state index in [2.05, 4.69) is 9.99 Å². The zero-order valence-corrected chi connectivity index (χ0v) is 22.9. The van der Waals surface area contributed by atoms with Gasteiger partial charge in [-0.3, -0.25) is 24.6 Å². The average molecular weight is 544 g/mol. The van der Waals surface area contributed by atoms with Crippen LogP contribution in [0, 0.1) is 10.1 Å². The fourth-order valence-corrected chi connectivity index (χ4v) is 8.63. The summed E-state index contributed by atoms with van der Waals surface area (Å²) in [6, 6.07) is 6.48. The molecule has 11 heteroatoms. The predicted molar refractivity (Wildman–Crippen MR) is 146 cm³/mol. The fraction of sp³-hybridized carbons (Fsp3) is 0.593. The van der Waals surface area contributed by atoms with Gasteiger partial charge >= 0.3 is 7.59 Å². The molecule has 38 heavy (non-hydrogen) atoms. The van der Waals surface area contributed by atoms with Gasteiger partial charge in [0.05, 0.1) is 18.1 Å². The molecule has 0 unspecified atom stereocenters. The molecule has 1 amide bonds. The van der Waals surface area contributed by atoms with Gasteiger partial charge < -0.3 is 9.64 Å². The number of morpholine rings is 1. The Kier molecular flexibility index (Phi) is 8.63. The first-order chi connectivity index (χ1) is 18.5. The van der Waals surface area contributed by atoms with E-state index in [9.17, 15) is 19.5 Å². The summed E-state index contributed by atoms with van der Waals surface area (Å²) >= 11 is 0. The highest BCUT2D eigenvalue weighted by Crippen LogP contribution is 2.52. The van der Waals surface area contributed by atoms with Crippen molar-refractivity contribution >= 4 is 25.3 Å². The van der Waals surface area contributed by atoms with Gasteiger partial charge in [-0.05, 0) is 67.9 Å².